The minimum atomic E-state index is -0.0990. The van der Waals surface area contributed by atoms with Gasteiger partial charge in [0.15, 0.2) is 0 Å². The van der Waals surface area contributed by atoms with Gasteiger partial charge in [-0.3, -0.25) is 4.79 Å². The maximum Gasteiger partial charge on any atom is 0.253 e. The number of ether oxygens (including phenoxy) is 1. The molecule has 0 aliphatic carbocycles. The van der Waals surface area contributed by atoms with E-state index in [0.29, 0.717) is 23.7 Å². The average Bonchev–Trinajstić information content (AvgIpc) is 2.64. The summed E-state index contributed by atoms with van der Waals surface area (Å²) in [7, 11) is 1.60. The molecule has 0 saturated heterocycles. The van der Waals surface area contributed by atoms with Gasteiger partial charge < -0.3 is 15.0 Å². The summed E-state index contributed by atoms with van der Waals surface area (Å²) in [5.41, 5.74) is 2.37. The number of H-pyrrole nitrogens is 1. The summed E-state index contributed by atoms with van der Waals surface area (Å²) >= 11 is 5.93. The fourth-order valence-electron chi connectivity index (χ4n) is 1.95. The highest BCUT2D eigenvalue weighted by Crippen LogP contribution is 2.24. The number of methoxy groups -OCH3 is 1. The number of aromatic nitrogens is 1. The van der Waals surface area contributed by atoms with Crippen LogP contribution in [-0.4, -0.2) is 31.2 Å². The Morgan fingerprint density at radius 1 is 1.50 bits per heavy atom. The van der Waals surface area contributed by atoms with E-state index >= 15 is 0 Å². The number of benzene rings is 1. The van der Waals surface area contributed by atoms with Crippen molar-refractivity contribution in [3.8, 4) is 0 Å². The lowest BCUT2D eigenvalue weighted by Crippen LogP contribution is -2.27. The molecule has 0 aliphatic heterocycles. The highest BCUT2D eigenvalue weighted by molar-refractivity contribution is 6.31. The van der Waals surface area contributed by atoms with Crippen molar-refractivity contribution in [1.82, 2.24) is 10.3 Å². The smallest absolute Gasteiger partial charge is 0.253 e. The van der Waals surface area contributed by atoms with E-state index in [4.69, 9.17) is 16.3 Å². The van der Waals surface area contributed by atoms with E-state index in [2.05, 4.69) is 10.3 Å². The first-order chi connectivity index (χ1) is 8.63. The number of aromatic amines is 1. The van der Waals surface area contributed by atoms with E-state index in [9.17, 15) is 4.79 Å². The third-order valence-corrected chi connectivity index (χ3v) is 3.00. The fraction of sp³-hybridized carbons (Fsp3) is 0.308. The Kier molecular flexibility index (Phi) is 3.89. The Bertz CT molecular complexity index is 578. The molecule has 0 aliphatic rings. The fourth-order valence-corrected chi connectivity index (χ4v) is 2.12. The largest absolute Gasteiger partial charge is 0.383 e. The summed E-state index contributed by atoms with van der Waals surface area (Å²) in [6.45, 7) is 2.87. The third-order valence-electron chi connectivity index (χ3n) is 2.77. The van der Waals surface area contributed by atoms with Crippen molar-refractivity contribution in [2.24, 2.45) is 0 Å². The molecule has 0 bridgehead atoms. The van der Waals surface area contributed by atoms with Gasteiger partial charge in [-0.15, -0.1) is 0 Å². The molecule has 5 heteroatoms. The molecule has 2 rings (SSSR count). The van der Waals surface area contributed by atoms with Crippen molar-refractivity contribution < 1.29 is 9.53 Å². The number of rotatable bonds is 4. The van der Waals surface area contributed by atoms with E-state index in [1.54, 1.807) is 13.2 Å². The average molecular weight is 267 g/mol. The lowest BCUT2D eigenvalue weighted by molar-refractivity contribution is 0.0938. The second-order valence-electron chi connectivity index (χ2n) is 4.06. The Hall–Kier alpha value is -1.52. The number of aryl methyl sites for hydroxylation is 1. The van der Waals surface area contributed by atoms with Crippen LogP contribution in [-0.2, 0) is 4.74 Å². The molecular formula is C13H15ClN2O2. The first-order valence-corrected chi connectivity index (χ1v) is 6.06. The number of hydrogen-bond acceptors (Lipinski definition) is 2. The quantitative estimate of drug-likeness (QED) is 0.836. The maximum absolute atomic E-state index is 12.1. The SMILES string of the molecule is COCCNC(=O)c1c(C)[nH]c2cc(Cl)ccc12. The summed E-state index contributed by atoms with van der Waals surface area (Å²) in [5, 5.41) is 4.35. The van der Waals surface area contributed by atoms with Gasteiger partial charge in [0.05, 0.1) is 12.2 Å². The number of fused-ring (bicyclic) bond motifs is 1. The molecule has 1 heterocycles. The number of amides is 1. The molecular weight excluding hydrogens is 252 g/mol. The van der Waals surface area contributed by atoms with Crippen molar-refractivity contribution in [2.75, 3.05) is 20.3 Å². The lowest BCUT2D eigenvalue weighted by atomic mass is 10.1. The van der Waals surface area contributed by atoms with Gasteiger partial charge in [0.1, 0.15) is 0 Å². The first-order valence-electron chi connectivity index (χ1n) is 5.68. The molecule has 0 saturated carbocycles. The third kappa shape index (κ3) is 2.49. The van der Waals surface area contributed by atoms with Crippen LogP contribution < -0.4 is 5.32 Å². The van der Waals surface area contributed by atoms with Crippen LogP contribution in [0.3, 0.4) is 0 Å². The summed E-state index contributed by atoms with van der Waals surface area (Å²) in [6, 6.07) is 5.45. The zero-order valence-corrected chi connectivity index (χ0v) is 11.1. The topological polar surface area (TPSA) is 54.1 Å². The Labute approximate surface area is 110 Å². The van der Waals surface area contributed by atoms with Gasteiger partial charge in [-0.25, -0.2) is 0 Å². The van der Waals surface area contributed by atoms with E-state index in [-0.39, 0.29) is 5.91 Å². The predicted molar refractivity (Wildman–Crippen MR) is 72.3 cm³/mol. The Morgan fingerprint density at radius 3 is 3.00 bits per heavy atom. The molecule has 2 N–H and O–H groups in total. The lowest BCUT2D eigenvalue weighted by Gasteiger charge is -2.04. The van der Waals surface area contributed by atoms with E-state index in [0.717, 1.165) is 16.6 Å². The van der Waals surface area contributed by atoms with E-state index in [1.807, 2.05) is 19.1 Å². The van der Waals surface area contributed by atoms with Crippen molar-refractivity contribution in [1.29, 1.82) is 0 Å². The minimum absolute atomic E-state index is 0.0990. The van der Waals surface area contributed by atoms with Crippen LogP contribution in [0.25, 0.3) is 10.9 Å². The Balaban J connectivity index is 2.32. The first kappa shape index (κ1) is 12.9. The zero-order valence-electron chi connectivity index (χ0n) is 10.3. The van der Waals surface area contributed by atoms with Gasteiger partial charge in [-0.05, 0) is 19.1 Å². The molecule has 2 aromatic rings. The molecule has 1 aromatic heterocycles. The molecule has 18 heavy (non-hydrogen) atoms. The predicted octanol–water partition coefficient (Wildman–Crippen LogP) is 2.51. The second kappa shape index (κ2) is 5.42. The summed E-state index contributed by atoms with van der Waals surface area (Å²) in [5.74, 6) is -0.0990. The number of carbonyl (C=O) groups excluding carboxylic acids is 1. The monoisotopic (exact) mass is 266 g/mol. The van der Waals surface area contributed by atoms with Gasteiger partial charge in [0.2, 0.25) is 0 Å². The standard InChI is InChI=1S/C13H15ClN2O2/c1-8-12(13(17)15-5-6-18-2)10-4-3-9(14)7-11(10)16-8/h3-4,7,16H,5-6H2,1-2H3,(H,15,17). The zero-order chi connectivity index (χ0) is 13.1. The molecule has 4 nitrogen and oxygen atoms in total. The highest BCUT2D eigenvalue weighted by atomic mass is 35.5. The van der Waals surface area contributed by atoms with Crippen molar-refractivity contribution in [3.05, 3.63) is 34.5 Å². The number of nitrogens with one attached hydrogen (secondary N) is 2. The van der Waals surface area contributed by atoms with Crippen LogP contribution in [0.1, 0.15) is 16.1 Å². The van der Waals surface area contributed by atoms with Crippen LogP contribution in [0, 0.1) is 6.92 Å². The molecule has 0 fully saturated rings. The normalized spacial score (nSPS) is 10.8. The van der Waals surface area contributed by atoms with Crippen molar-refractivity contribution in [2.45, 2.75) is 6.92 Å². The number of hydrogen-bond donors (Lipinski definition) is 2. The summed E-state index contributed by atoms with van der Waals surface area (Å²) in [4.78, 5) is 15.2. The van der Waals surface area contributed by atoms with Crippen LogP contribution >= 0.6 is 11.6 Å². The van der Waals surface area contributed by atoms with Crippen molar-refractivity contribution >= 4 is 28.4 Å². The van der Waals surface area contributed by atoms with Crippen molar-refractivity contribution in [3.63, 3.8) is 0 Å². The Morgan fingerprint density at radius 2 is 2.28 bits per heavy atom. The molecule has 96 valence electrons. The second-order valence-corrected chi connectivity index (χ2v) is 4.50. The number of carbonyl (C=O) groups is 1. The molecule has 0 radical (unpaired) electrons. The molecule has 0 unspecified atom stereocenters. The minimum Gasteiger partial charge on any atom is -0.383 e. The van der Waals surface area contributed by atoms with Gasteiger partial charge in [0, 0.05) is 35.3 Å². The summed E-state index contributed by atoms with van der Waals surface area (Å²) in [6.07, 6.45) is 0. The van der Waals surface area contributed by atoms with Crippen LogP contribution in [0.15, 0.2) is 18.2 Å². The van der Waals surface area contributed by atoms with Crippen LogP contribution in [0.4, 0.5) is 0 Å². The van der Waals surface area contributed by atoms with Gasteiger partial charge in [-0.1, -0.05) is 17.7 Å². The van der Waals surface area contributed by atoms with E-state index in [1.165, 1.54) is 0 Å². The molecule has 0 atom stereocenters. The molecule has 1 aromatic carbocycles. The van der Waals surface area contributed by atoms with Crippen LogP contribution in [0.2, 0.25) is 5.02 Å². The molecule has 0 spiro atoms. The maximum atomic E-state index is 12.1. The van der Waals surface area contributed by atoms with E-state index < -0.39 is 0 Å². The molecule has 1 amide bonds. The van der Waals surface area contributed by atoms with Crippen LogP contribution in [0.5, 0.6) is 0 Å². The van der Waals surface area contributed by atoms with Gasteiger partial charge >= 0.3 is 0 Å². The van der Waals surface area contributed by atoms with Gasteiger partial charge in [-0.2, -0.15) is 0 Å². The number of halogens is 1. The van der Waals surface area contributed by atoms with Gasteiger partial charge in [0.25, 0.3) is 5.91 Å². The summed E-state index contributed by atoms with van der Waals surface area (Å²) < 4.78 is 4.90. The highest BCUT2D eigenvalue weighted by Gasteiger charge is 2.15.